The zero-order valence-corrected chi connectivity index (χ0v) is 14.0. The summed E-state index contributed by atoms with van der Waals surface area (Å²) in [6, 6.07) is 8.42. The normalized spacial score (nSPS) is 24.9. The summed E-state index contributed by atoms with van der Waals surface area (Å²) < 4.78 is 26.8. The summed E-state index contributed by atoms with van der Waals surface area (Å²) in [6.07, 6.45) is 2.91. The number of amides is 1. The molecule has 7 heteroatoms. The number of nitrogens with zero attached hydrogens (tertiary/aromatic N) is 2. The fourth-order valence-electron chi connectivity index (χ4n) is 3.27. The highest BCUT2D eigenvalue weighted by Crippen LogP contribution is 2.20. The summed E-state index contributed by atoms with van der Waals surface area (Å²) in [4.78, 5) is 14.6. The van der Waals surface area contributed by atoms with E-state index in [2.05, 4.69) is 10.2 Å². The summed E-state index contributed by atoms with van der Waals surface area (Å²) in [5, 5.41) is 2.95. The molecule has 1 aromatic rings. The molecule has 2 aliphatic heterocycles. The van der Waals surface area contributed by atoms with Gasteiger partial charge in [0.05, 0.1) is 10.9 Å². The SMILES string of the molecule is O=C1NCCCCC1N1CCN(S(=O)(=O)c2ccccc2)CC1. The molecule has 2 fully saturated rings. The van der Waals surface area contributed by atoms with Crippen molar-refractivity contribution in [1.29, 1.82) is 0 Å². The molecule has 2 heterocycles. The molecule has 0 spiro atoms. The number of nitrogens with one attached hydrogen (secondary N) is 1. The van der Waals surface area contributed by atoms with E-state index < -0.39 is 10.0 Å². The van der Waals surface area contributed by atoms with E-state index in [1.54, 1.807) is 24.3 Å². The van der Waals surface area contributed by atoms with Crippen LogP contribution in [0.5, 0.6) is 0 Å². The number of hydrogen-bond donors (Lipinski definition) is 1. The molecule has 6 nitrogen and oxygen atoms in total. The molecule has 1 amide bonds. The maximum atomic E-state index is 12.6. The number of benzene rings is 1. The van der Waals surface area contributed by atoms with Gasteiger partial charge in [0.1, 0.15) is 0 Å². The standard InChI is InChI=1S/C16H23N3O3S/c20-16-15(8-4-5-9-17-16)18-10-12-19(13-11-18)23(21,22)14-6-2-1-3-7-14/h1-3,6-7,15H,4-5,8-13H2,(H,17,20). The average molecular weight is 337 g/mol. The smallest absolute Gasteiger partial charge is 0.243 e. The van der Waals surface area contributed by atoms with Crippen molar-refractivity contribution in [3.8, 4) is 0 Å². The van der Waals surface area contributed by atoms with Crippen LogP contribution in [0.3, 0.4) is 0 Å². The van der Waals surface area contributed by atoms with Crippen molar-refractivity contribution < 1.29 is 13.2 Å². The van der Waals surface area contributed by atoms with Gasteiger partial charge in [-0.25, -0.2) is 8.42 Å². The first kappa shape index (κ1) is 16.4. The third kappa shape index (κ3) is 3.57. The number of hydrogen-bond acceptors (Lipinski definition) is 4. The maximum Gasteiger partial charge on any atom is 0.243 e. The van der Waals surface area contributed by atoms with E-state index in [1.165, 1.54) is 4.31 Å². The molecule has 1 unspecified atom stereocenters. The molecular weight excluding hydrogens is 314 g/mol. The zero-order chi connectivity index (χ0) is 16.3. The number of sulfonamides is 1. The first-order valence-corrected chi connectivity index (χ1v) is 9.60. The molecule has 126 valence electrons. The fourth-order valence-corrected chi connectivity index (χ4v) is 4.71. The molecule has 1 atom stereocenters. The van der Waals surface area contributed by atoms with Gasteiger partial charge in [0.25, 0.3) is 0 Å². The summed E-state index contributed by atoms with van der Waals surface area (Å²) >= 11 is 0. The van der Waals surface area contributed by atoms with Crippen LogP contribution in [0.2, 0.25) is 0 Å². The van der Waals surface area contributed by atoms with Crippen molar-refractivity contribution in [1.82, 2.24) is 14.5 Å². The Morgan fingerprint density at radius 3 is 2.39 bits per heavy atom. The van der Waals surface area contributed by atoms with Crippen LogP contribution in [-0.2, 0) is 14.8 Å². The number of piperazine rings is 1. The number of carbonyl (C=O) groups excluding carboxylic acids is 1. The summed E-state index contributed by atoms with van der Waals surface area (Å²) in [7, 11) is -3.43. The molecule has 1 N–H and O–H groups in total. The van der Waals surface area contributed by atoms with E-state index in [0.29, 0.717) is 31.1 Å². The molecule has 0 aliphatic carbocycles. The largest absolute Gasteiger partial charge is 0.355 e. The molecule has 3 rings (SSSR count). The zero-order valence-electron chi connectivity index (χ0n) is 13.1. The Kier molecular flexibility index (Phi) is 4.99. The lowest BCUT2D eigenvalue weighted by atomic mass is 10.1. The van der Waals surface area contributed by atoms with E-state index in [-0.39, 0.29) is 11.9 Å². The first-order chi connectivity index (χ1) is 11.1. The van der Waals surface area contributed by atoms with Gasteiger partial charge >= 0.3 is 0 Å². The molecular formula is C16H23N3O3S. The minimum atomic E-state index is -3.43. The van der Waals surface area contributed by atoms with Gasteiger partial charge in [-0.3, -0.25) is 9.69 Å². The molecule has 0 bridgehead atoms. The Morgan fingerprint density at radius 2 is 1.70 bits per heavy atom. The van der Waals surface area contributed by atoms with Crippen molar-refractivity contribution in [3.63, 3.8) is 0 Å². The van der Waals surface area contributed by atoms with Crippen LogP contribution in [0.15, 0.2) is 35.2 Å². The van der Waals surface area contributed by atoms with Crippen LogP contribution in [0.4, 0.5) is 0 Å². The lowest BCUT2D eigenvalue weighted by molar-refractivity contribution is -0.126. The van der Waals surface area contributed by atoms with Crippen LogP contribution in [-0.4, -0.2) is 62.3 Å². The second-order valence-electron chi connectivity index (χ2n) is 6.06. The van der Waals surface area contributed by atoms with Crippen molar-refractivity contribution in [2.45, 2.75) is 30.2 Å². The lowest BCUT2D eigenvalue weighted by Gasteiger charge is -2.37. The van der Waals surface area contributed by atoms with Crippen molar-refractivity contribution in [3.05, 3.63) is 30.3 Å². The Bertz CT molecular complexity index is 640. The van der Waals surface area contributed by atoms with Crippen LogP contribution < -0.4 is 5.32 Å². The summed E-state index contributed by atoms with van der Waals surface area (Å²) in [5.74, 6) is 0.0851. The Labute approximate surface area is 137 Å². The van der Waals surface area contributed by atoms with Gasteiger partial charge in [-0.2, -0.15) is 4.31 Å². The van der Waals surface area contributed by atoms with Crippen molar-refractivity contribution in [2.75, 3.05) is 32.7 Å². The van der Waals surface area contributed by atoms with E-state index in [0.717, 1.165) is 25.8 Å². The fraction of sp³-hybridized carbons (Fsp3) is 0.562. The Morgan fingerprint density at radius 1 is 1.00 bits per heavy atom. The summed E-state index contributed by atoms with van der Waals surface area (Å²) in [6.45, 7) is 2.81. The van der Waals surface area contributed by atoms with Crippen LogP contribution in [0.25, 0.3) is 0 Å². The molecule has 0 saturated carbocycles. The molecule has 23 heavy (non-hydrogen) atoms. The van der Waals surface area contributed by atoms with Gasteiger partial charge in [-0.1, -0.05) is 18.2 Å². The first-order valence-electron chi connectivity index (χ1n) is 8.16. The quantitative estimate of drug-likeness (QED) is 0.880. The molecule has 2 aliphatic rings. The summed E-state index contributed by atoms with van der Waals surface area (Å²) in [5.41, 5.74) is 0. The molecule has 0 aromatic heterocycles. The highest BCUT2D eigenvalue weighted by molar-refractivity contribution is 7.89. The average Bonchev–Trinajstić information content (AvgIpc) is 2.80. The third-order valence-corrected chi connectivity index (χ3v) is 6.51. The maximum absolute atomic E-state index is 12.6. The predicted octanol–water partition coefficient (Wildman–Crippen LogP) is 0.662. The molecule has 1 aromatic carbocycles. The molecule has 2 saturated heterocycles. The van der Waals surface area contributed by atoms with Gasteiger partial charge in [0, 0.05) is 32.7 Å². The van der Waals surface area contributed by atoms with Gasteiger partial charge in [-0.15, -0.1) is 0 Å². The van der Waals surface area contributed by atoms with Crippen molar-refractivity contribution >= 4 is 15.9 Å². The topological polar surface area (TPSA) is 69.7 Å². The van der Waals surface area contributed by atoms with E-state index in [9.17, 15) is 13.2 Å². The van der Waals surface area contributed by atoms with Gasteiger partial charge in [0.2, 0.25) is 15.9 Å². The monoisotopic (exact) mass is 337 g/mol. The van der Waals surface area contributed by atoms with E-state index >= 15 is 0 Å². The van der Waals surface area contributed by atoms with E-state index in [4.69, 9.17) is 0 Å². The van der Waals surface area contributed by atoms with Gasteiger partial charge in [-0.05, 0) is 31.4 Å². The Hall–Kier alpha value is -1.44. The minimum Gasteiger partial charge on any atom is -0.355 e. The highest BCUT2D eigenvalue weighted by atomic mass is 32.2. The Balaban J connectivity index is 1.65. The van der Waals surface area contributed by atoms with Crippen molar-refractivity contribution in [2.24, 2.45) is 0 Å². The lowest BCUT2D eigenvalue weighted by Crippen LogP contribution is -2.55. The van der Waals surface area contributed by atoms with Gasteiger partial charge in [0.15, 0.2) is 0 Å². The second-order valence-corrected chi connectivity index (χ2v) is 7.99. The van der Waals surface area contributed by atoms with Crippen LogP contribution in [0.1, 0.15) is 19.3 Å². The van der Waals surface area contributed by atoms with Gasteiger partial charge < -0.3 is 5.32 Å². The number of rotatable bonds is 3. The highest BCUT2D eigenvalue weighted by Gasteiger charge is 2.33. The van der Waals surface area contributed by atoms with Crippen LogP contribution >= 0.6 is 0 Å². The predicted molar refractivity (Wildman–Crippen MR) is 87.4 cm³/mol. The number of carbonyl (C=O) groups is 1. The third-order valence-electron chi connectivity index (χ3n) is 4.60. The van der Waals surface area contributed by atoms with Crippen LogP contribution in [0, 0.1) is 0 Å². The minimum absolute atomic E-state index is 0.0851. The second kappa shape index (κ2) is 6.98. The van der Waals surface area contributed by atoms with E-state index in [1.807, 2.05) is 6.07 Å². The molecule has 0 radical (unpaired) electrons.